The third-order valence-electron chi connectivity index (χ3n) is 3.66. The fraction of sp³-hybridized carbons (Fsp3) is 0.538. The fourth-order valence-corrected chi connectivity index (χ4v) is 3.21. The molecule has 2 nitrogen and oxygen atoms in total. The number of hydrogen-bond acceptors (Lipinski definition) is 2. The summed E-state index contributed by atoms with van der Waals surface area (Å²) in [6.07, 6.45) is 2.27. The number of methoxy groups -OCH3 is 1. The summed E-state index contributed by atoms with van der Waals surface area (Å²) in [4.78, 5) is 0. The van der Waals surface area contributed by atoms with Crippen molar-refractivity contribution in [2.75, 3.05) is 7.11 Å². The molecule has 2 rings (SSSR count). The number of ether oxygens (including phenoxy) is 1. The maximum absolute atomic E-state index is 6.32. The Morgan fingerprint density at radius 3 is 2.44 bits per heavy atom. The van der Waals surface area contributed by atoms with Gasteiger partial charge in [0.25, 0.3) is 0 Å². The normalized spacial score (nSPS) is 18.3. The highest BCUT2D eigenvalue weighted by molar-refractivity contribution is 9.10. The van der Waals surface area contributed by atoms with E-state index in [1.165, 1.54) is 5.56 Å². The second-order valence-electron chi connectivity index (χ2n) is 5.12. The van der Waals surface area contributed by atoms with Gasteiger partial charge in [-0.1, -0.05) is 22.0 Å². The van der Waals surface area contributed by atoms with Crippen LogP contribution in [0.5, 0.6) is 5.75 Å². The second-order valence-corrected chi connectivity index (χ2v) is 5.98. The van der Waals surface area contributed by atoms with E-state index in [9.17, 15) is 0 Å². The molecule has 88 valence electrons. The third-order valence-corrected chi connectivity index (χ3v) is 4.32. The molecule has 1 aliphatic rings. The minimum Gasteiger partial charge on any atom is -0.496 e. The minimum atomic E-state index is -0.218. The first-order valence-corrected chi connectivity index (χ1v) is 6.33. The molecule has 0 radical (unpaired) electrons. The molecule has 0 bridgehead atoms. The summed E-state index contributed by atoms with van der Waals surface area (Å²) in [7, 11) is 1.71. The summed E-state index contributed by atoms with van der Waals surface area (Å²) in [5, 5.41) is 0. The second kappa shape index (κ2) is 3.74. The molecule has 3 heteroatoms. The van der Waals surface area contributed by atoms with Crippen molar-refractivity contribution in [3.8, 4) is 5.75 Å². The van der Waals surface area contributed by atoms with Crippen molar-refractivity contribution in [1.82, 2.24) is 0 Å². The fourth-order valence-electron chi connectivity index (χ4n) is 2.48. The van der Waals surface area contributed by atoms with Gasteiger partial charge < -0.3 is 10.5 Å². The van der Waals surface area contributed by atoms with Crippen LogP contribution in [-0.4, -0.2) is 12.6 Å². The first-order valence-electron chi connectivity index (χ1n) is 5.54. The molecule has 1 aromatic carbocycles. The maximum atomic E-state index is 6.32. The molecule has 1 aliphatic carbocycles. The maximum Gasteiger partial charge on any atom is 0.123 e. The number of nitrogens with two attached hydrogens (primary N) is 1. The van der Waals surface area contributed by atoms with Crippen LogP contribution in [0.2, 0.25) is 0 Å². The average molecular weight is 284 g/mol. The topological polar surface area (TPSA) is 35.2 Å². The predicted molar refractivity (Wildman–Crippen MR) is 69.9 cm³/mol. The minimum absolute atomic E-state index is 0.0679. The van der Waals surface area contributed by atoms with Crippen molar-refractivity contribution in [3.63, 3.8) is 0 Å². The Kier molecular flexibility index (Phi) is 2.79. The van der Waals surface area contributed by atoms with Crippen molar-refractivity contribution >= 4 is 15.9 Å². The summed E-state index contributed by atoms with van der Waals surface area (Å²) in [5.41, 5.74) is 7.40. The van der Waals surface area contributed by atoms with Crippen LogP contribution in [0.15, 0.2) is 22.7 Å². The summed E-state index contributed by atoms with van der Waals surface area (Å²) >= 11 is 3.62. The zero-order valence-electron chi connectivity index (χ0n) is 10.0. The molecule has 0 heterocycles. The van der Waals surface area contributed by atoms with Gasteiger partial charge in [0.2, 0.25) is 0 Å². The lowest BCUT2D eigenvalue weighted by atomic mass is 9.79. The number of hydrogen-bond donors (Lipinski definition) is 1. The van der Waals surface area contributed by atoms with Crippen molar-refractivity contribution in [2.45, 2.75) is 37.6 Å². The Labute approximate surface area is 105 Å². The molecular weight excluding hydrogens is 266 g/mol. The first-order chi connectivity index (χ1) is 7.42. The van der Waals surface area contributed by atoms with Gasteiger partial charge in [-0.05, 0) is 38.8 Å². The van der Waals surface area contributed by atoms with Crippen molar-refractivity contribution in [1.29, 1.82) is 0 Å². The van der Waals surface area contributed by atoms with E-state index in [2.05, 4.69) is 35.8 Å². The Morgan fingerprint density at radius 2 is 2.00 bits per heavy atom. The van der Waals surface area contributed by atoms with Gasteiger partial charge in [0, 0.05) is 21.0 Å². The Bertz CT molecular complexity index is 405. The van der Waals surface area contributed by atoms with Gasteiger partial charge in [0.05, 0.1) is 7.11 Å². The molecule has 16 heavy (non-hydrogen) atoms. The highest BCUT2D eigenvalue weighted by atomic mass is 79.9. The van der Waals surface area contributed by atoms with Gasteiger partial charge >= 0.3 is 0 Å². The molecule has 2 N–H and O–H groups in total. The predicted octanol–water partition coefficient (Wildman–Crippen LogP) is 3.23. The van der Waals surface area contributed by atoms with Crippen molar-refractivity contribution in [3.05, 3.63) is 28.2 Å². The molecule has 1 saturated carbocycles. The van der Waals surface area contributed by atoms with Crippen LogP contribution < -0.4 is 10.5 Å². The van der Waals surface area contributed by atoms with E-state index >= 15 is 0 Å². The molecule has 1 fully saturated rings. The number of rotatable bonds is 3. The van der Waals surface area contributed by atoms with Crippen LogP contribution in [0.3, 0.4) is 0 Å². The lowest BCUT2D eigenvalue weighted by molar-refractivity contribution is 0.358. The molecule has 1 aromatic rings. The summed E-state index contributed by atoms with van der Waals surface area (Å²) in [5.74, 6) is 0.936. The number of benzene rings is 1. The largest absolute Gasteiger partial charge is 0.496 e. The van der Waals surface area contributed by atoms with E-state index in [0.717, 1.165) is 23.1 Å². The van der Waals surface area contributed by atoms with Crippen molar-refractivity contribution < 1.29 is 4.74 Å². The van der Waals surface area contributed by atoms with Gasteiger partial charge in [0.15, 0.2) is 0 Å². The highest BCUT2D eigenvalue weighted by Crippen LogP contribution is 2.58. The average Bonchev–Trinajstić information content (AvgIpc) is 2.97. The van der Waals surface area contributed by atoms with E-state index in [1.54, 1.807) is 7.11 Å². The first kappa shape index (κ1) is 11.9. The molecule has 0 aromatic heterocycles. The molecule has 0 amide bonds. The van der Waals surface area contributed by atoms with Crippen LogP contribution >= 0.6 is 15.9 Å². The molecule has 0 aliphatic heterocycles. The van der Waals surface area contributed by atoms with Crippen LogP contribution in [0.4, 0.5) is 0 Å². The highest BCUT2D eigenvalue weighted by Gasteiger charge is 2.55. The van der Waals surface area contributed by atoms with Gasteiger partial charge in [0.1, 0.15) is 5.75 Å². The summed E-state index contributed by atoms with van der Waals surface area (Å²) < 4.78 is 6.56. The Balaban J connectivity index is 2.56. The zero-order chi connectivity index (χ0) is 12.0. The molecule has 0 saturated heterocycles. The van der Waals surface area contributed by atoms with E-state index < -0.39 is 0 Å². The monoisotopic (exact) mass is 283 g/mol. The molecule has 0 atom stereocenters. The lowest BCUT2D eigenvalue weighted by Gasteiger charge is -2.33. The third kappa shape index (κ3) is 1.66. The van der Waals surface area contributed by atoms with Gasteiger partial charge in [-0.25, -0.2) is 0 Å². The summed E-state index contributed by atoms with van der Waals surface area (Å²) in [6, 6.07) is 6.06. The summed E-state index contributed by atoms with van der Waals surface area (Å²) in [6.45, 7) is 4.19. The van der Waals surface area contributed by atoms with Crippen LogP contribution in [-0.2, 0) is 5.41 Å². The molecular formula is C13H18BrNO. The van der Waals surface area contributed by atoms with E-state index in [1.807, 2.05) is 12.1 Å². The van der Waals surface area contributed by atoms with E-state index in [-0.39, 0.29) is 11.0 Å². The van der Waals surface area contributed by atoms with Crippen molar-refractivity contribution in [2.24, 2.45) is 5.73 Å². The molecule has 0 unspecified atom stereocenters. The lowest BCUT2D eigenvalue weighted by Crippen LogP contribution is -2.45. The van der Waals surface area contributed by atoms with E-state index in [0.29, 0.717) is 0 Å². The van der Waals surface area contributed by atoms with Gasteiger partial charge in [-0.2, -0.15) is 0 Å². The van der Waals surface area contributed by atoms with Crippen LogP contribution in [0, 0.1) is 0 Å². The smallest absolute Gasteiger partial charge is 0.123 e. The van der Waals surface area contributed by atoms with E-state index in [4.69, 9.17) is 10.5 Å². The van der Waals surface area contributed by atoms with Gasteiger partial charge in [-0.3, -0.25) is 0 Å². The van der Waals surface area contributed by atoms with Crippen LogP contribution in [0.1, 0.15) is 32.3 Å². The quantitative estimate of drug-likeness (QED) is 0.925. The van der Waals surface area contributed by atoms with Crippen LogP contribution in [0.25, 0.3) is 0 Å². The Morgan fingerprint density at radius 1 is 1.38 bits per heavy atom. The SMILES string of the molecule is COc1cccc(Br)c1C1(C(C)(C)N)CC1. The zero-order valence-corrected chi connectivity index (χ0v) is 11.6. The standard InChI is InChI=1S/C13H18BrNO/c1-12(2,15)13(7-8-13)11-9(14)5-4-6-10(11)16-3/h4-6H,7-8,15H2,1-3H3. The molecule has 0 spiro atoms. The number of halogens is 1. The Hall–Kier alpha value is -0.540. The van der Waals surface area contributed by atoms with Gasteiger partial charge in [-0.15, -0.1) is 0 Å².